The van der Waals surface area contributed by atoms with E-state index < -0.39 is 0 Å². The average Bonchev–Trinajstić information content (AvgIpc) is 3.19. The second kappa shape index (κ2) is 5.13. The molecule has 3 aromatic heterocycles. The molecule has 0 radical (unpaired) electrons. The molecule has 23 heavy (non-hydrogen) atoms. The first kappa shape index (κ1) is 13.3. The Balaban J connectivity index is 1.81. The number of hydrogen-bond donors (Lipinski definition) is 2. The molecule has 4 rings (SSSR count). The van der Waals surface area contributed by atoms with Gasteiger partial charge in [0.15, 0.2) is 11.4 Å². The highest BCUT2D eigenvalue weighted by Gasteiger charge is 2.16. The molecule has 7 nitrogen and oxygen atoms in total. The summed E-state index contributed by atoms with van der Waals surface area (Å²) >= 11 is 0. The van der Waals surface area contributed by atoms with E-state index in [0.29, 0.717) is 29.2 Å². The lowest BCUT2D eigenvalue weighted by atomic mass is 10.2. The van der Waals surface area contributed by atoms with Gasteiger partial charge in [0, 0.05) is 0 Å². The molecule has 0 amide bonds. The summed E-state index contributed by atoms with van der Waals surface area (Å²) in [5.41, 5.74) is 2.48. The second-order valence-electron chi connectivity index (χ2n) is 5.06. The van der Waals surface area contributed by atoms with Crippen molar-refractivity contribution in [2.45, 2.75) is 6.54 Å². The third kappa shape index (κ3) is 2.38. The van der Waals surface area contributed by atoms with Gasteiger partial charge >= 0.3 is 6.01 Å². The number of aromatic hydroxyl groups is 2. The Morgan fingerprint density at radius 1 is 1.04 bits per heavy atom. The standard InChI is InChI=1S/C16H12N4O3/c21-11-5-3-10(4-6-11)8-20-9-17-14-13(12-2-1-7-23-12)18-16(22)19-15(14)20/h1-7,9,21H,8H2,(H,18,19,22). The zero-order chi connectivity index (χ0) is 15.8. The molecular formula is C16H12N4O3. The zero-order valence-electron chi connectivity index (χ0n) is 11.9. The Hall–Kier alpha value is -3.35. The molecule has 0 atom stereocenters. The number of nitrogens with zero attached hydrogens (tertiary/aromatic N) is 4. The Labute approximate surface area is 130 Å². The minimum absolute atomic E-state index is 0.212. The molecule has 0 fully saturated rings. The maximum atomic E-state index is 9.82. The van der Waals surface area contributed by atoms with Crippen LogP contribution in [0.3, 0.4) is 0 Å². The van der Waals surface area contributed by atoms with Gasteiger partial charge in [-0.1, -0.05) is 12.1 Å². The molecule has 0 saturated carbocycles. The maximum absolute atomic E-state index is 9.82. The molecule has 7 heteroatoms. The normalized spacial score (nSPS) is 11.1. The first-order chi connectivity index (χ1) is 11.2. The average molecular weight is 308 g/mol. The van der Waals surface area contributed by atoms with Crippen molar-refractivity contribution < 1.29 is 14.6 Å². The number of fused-ring (bicyclic) bond motifs is 1. The minimum atomic E-state index is -0.337. The van der Waals surface area contributed by atoms with Crippen molar-refractivity contribution in [3.63, 3.8) is 0 Å². The number of rotatable bonds is 3. The number of phenols is 1. The fourth-order valence-electron chi connectivity index (χ4n) is 2.43. The van der Waals surface area contributed by atoms with Gasteiger partial charge in [-0.25, -0.2) is 4.98 Å². The van der Waals surface area contributed by atoms with Gasteiger partial charge in [0.1, 0.15) is 17.0 Å². The molecule has 0 saturated heterocycles. The maximum Gasteiger partial charge on any atom is 0.316 e. The molecule has 4 aromatic rings. The Morgan fingerprint density at radius 2 is 1.87 bits per heavy atom. The molecule has 114 valence electrons. The number of imidazole rings is 1. The molecule has 0 bridgehead atoms. The molecule has 3 heterocycles. The van der Waals surface area contributed by atoms with Crippen molar-refractivity contribution in [1.29, 1.82) is 0 Å². The third-order valence-corrected chi connectivity index (χ3v) is 3.50. The SMILES string of the molecule is Oc1ccc(Cn2cnc3c(-c4ccco4)nc(O)nc32)cc1. The summed E-state index contributed by atoms with van der Waals surface area (Å²) in [5, 5.41) is 19.2. The van der Waals surface area contributed by atoms with Crippen LogP contribution in [-0.2, 0) is 6.54 Å². The highest BCUT2D eigenvalue weighted by atomic mass is 16.3. The van der Waals surface area contributed by atoms with Crippen LogP contribution >= 0.6 is 0 Å². The summed E-state index contributed by atoms with van der Waals surface area (Å²) in [5.74, 6) is 0.729. The Morgan fingerprint density at radius 3 is 2.61 bits per heavy atom. The highest BCUT2D eigenvalue weighted by molar-refractivity contribution is 5.85. The van der Waals surface area contributed by atoms with Crippen LogP contribution in [0.4, 0.5) is 0 Å². The monoisotopic (exact) mass is 308 g/mol. The lowest BCUT2D eigenvalue weighted by Gasteiger charge is -2.05. The Bertz CT molecular complexity index is 959. The molecule has 0 unspecified atom stereocenters. The molecule has 0 spiro atoms. The summed E-state index contributed by atoms with van der Waals surface area (Å²) in [4.78, 5) is 12.4. The number of phenolic OH excluding ortho intramolecular Hbond substituents is 1. The summed E-state index contributed by atoms with van der Waals surface area (Å²) in [6.07, 6.45) is 3.17. The van der Waals surface area contributed by atoms with E-state index in [9.17, 15) is 10.2 Å². The van der Waals surface area contributed by atoms with Gasteiger partial charge in [0.25, 0.3) is 0 Å². The number of benzene rings is 1. The van der Waals surface area contributed by atoms with Crippen molar-refractivity contribution in [2.24, 2.45) is 0 Å². The van der Waals surface area contributed by atoms with Gasteiger partial charge in [-0.15, -0.1) is 0 Å². The molecule has 0 aliphatic rings. The van der Waals surface area contributed by atoms with E-state index in [0.717, 1.165) is 5.56 Å². The topological polar surface area (TPSA) is 97.2 Å². The summed E-state index contributed by atoms with van der Waals surface area (Å²) in [6, 6.07) is 10.0. The zero-order valence-corrected chi connectivity index (χ0v) is 11.9. The molecular weight excluding hydrogens is 296 g/mol. The smallest absolute Gasteiger partial charge is 0.316 e. The first-order valence-electron chi connectivity index (χ1n) is 6.94. The van der Waals surface area contributed by atoms with E-state index in [1.54, 1.807) is 35.2 Å². The van der Waals surface area contributed by atoms with Crippen LogP contribution < -0.4 is 0 Å². The quantitative estimate of drug-likeness (QED) is 0.603. The lowest BCUT2D eigenvalue weighted by molar-refractivity contribution is 0.432. The van der Waals surface area contributed by atoms with Gasteiger partial charge in [0.2, 0.25) is 0 Å². The van der Waals surface area contributed by atoms with Crippen LogP contribution in [0.15, 0.2) is 53.4 Å². The number of furan rings is 1. The summed E-state index contributed by atoms with van der Waals surface area (Å²) < 4.78 is 7.15. The van der Waals surface area contributed by atoms with E-state index in [1.807, 2.05) is 12.1 Å². The van der Waals surface area contributed by atoms with Crippen LogP contribution in [0.5, 0.6) is 11.8 Å². The fraction of sp³-hybridized carbons (Fsp3) is 0.0625. The molecule has 2 N–H and O–H groups in total. The van der Waals surface area contributed by atoms with Crippen LogP contribution in [0, 0.1) is 0 Å². The van der Waals surface area contributed by atoms with Gasteiger partial charge in [0.05, 0.1) is 19.1 Å². The van der Waals surface area contributed by atoms with Crippen molar-refractivity contribution in [2.75, 3.05) is 0 Å². The largest absolute Gasteiger partial charge is 0.508 e. The fourth-order valence-corrected chi connectivity index (χ4v) is 2.43. The van der Waals surface area contributed by atoms with Crippen molar-refractivity contribution >= 4 is 11.2 Å². The van der Waals surface area contributed by atoms with E-state index >= 15 is 0 Å². The van der Waals surface area contributed by atoms with E-state index in [-0.39, 0.29) is 11.8 Å². The van der Waals surface area contributed by atoms with Crippen molar-refractivity contribution in [3.8, 4) is 23.2 Å². The first-order valence-corrected chi connectivity index (χ1v) is 6.94. The highest BCUT2D eigenvalue weighted by Crippen LogP contribution is 2.27. The lowest BCUT2D eigenvalue weighted by Crippen LogP contribution is -2.00. The predicted molar refractivity (Wildman–Crippen MR) is 81.9 cm³/mol. The minimum Gasteiger partial charge on any atom is -0.508 e. The van der Waals surface area contributed by atoms with Crippen LogP contribution in [-0.4, -0.2) is 29.7 Å². The second-order valence-corrected chi connectivity index (χ2v) is 5.06. The molecule has 1 aromatic carbocycles. The van der Waals surface area contributed by atoms with E-state index in [2.05, 4.69) is 15.0 Å². The number of hydrogen-bond acceptors (Lipinski definition) is 6. The molecule has 0 aliphatic heterocycles. The van der Waals surface area contributed by atoms with Crippen molar-refractivity contribution in [1.82, 2.24) is 19.5 Å². The summed E-state index contributed by atoms with van der Waals surface area (Å²) in [7, 11) is 0. The van der Waals surface area contributed by atoms with Crippen LogP contribution in [0.1, 0.15) is 5.56 Å². The van der Waals surface area contributed by atoms with E-state index in [1.165, 1.54) is 6.26 Å². The van der Waals surface area contributed by atoms with Gasteiger partial charge < -0.3 is 19.2 Å². The van der Waals surface area contributed by atoms with Crippen molar-refractivity contribution in [3.05, 3.63) is 54.6 Å². The summed E-state index contributed by atoms with van der Waals surface area (Å²) in [6.45, 7) is 0.505. The van der Waals surface area contributed by atoms with Gasteiger partial charge in [-0.2, -0.15) is 9.97 Å². The third-order valence-electron chi connectivity index (χ3n) is 3.50. The predicted octanol–water partition coefficient (Wildman–Crippen LogP) is 2.55. The van der Waals surface area contributed by atoms with Gasteiger partial charge in [-0.3, -0.25) is 0 Å². The van der Waals surface area contributed by atoms with Crippen LogP contribution in [0.25, 0.3) is 22.6 Å². The number of aromatic nitrogens is 4. The van der Waals surface area contributed by atoms with Crippen LogP contribution in [0.2, 0.25) is 0 Å². The Kier molecular flexibility index (Phi) is 2.97. The van der Waals surface area contributed by atoms with Gasteiger partial charge in [-0.05, 0) is 29.8 Å². The van der Waals surface area contributed by atoms with E-state index in [4.69, 9.17) is 4.42 Å². The molecule has 0 aliphatic carbocycles.